The lowest BCUT2D eigenvalue weighted by Crippen LogP contribution is -2.45. The number of amides is 1. The van der Waals surface area contributed by atoms with Gasteiger partial charge in [0.15, 0.2) is 0 Å². The minimum Gasteiger partial charge on any atom is -0.496 e. The molecule has 0 saturated heterocycles. The summed E-state index contributed by atoms with van der Waals surface area (Å²) >= 11 is 0. The molecule has 110 valence electrons. The quantitative estimate of drug-likeness (QED) is 0.625. The fourth-order valence-electron chi connectivity index (χ4n) is 1.74. The highest BCUT2D eigenvalue weighted by molar-refractivity contribution is 5.99. The number of hydrogen-bond acceptors (Lipinski definition) is 5. The SMILES string of the molecule is COC(=O)[C@@H](NC(=O)c1ccc(N)cc1OC)C(C)C. The molecule has 0 spiro atoms. The normalized spacial score (nSPS) is 11.8. The van der Waals surface area contributed by atoms with E-state index in [-0.39, 0.29) is 5.92 Å². The molecule has 3 N–H and O–H groups in total. The second kappa shape index (κ2) is 6.79. The third-order valence-corrected chi connectivity index (χ3v) is 2.88. The second-order valence-corrected chi connectivity index (χ2v) is 4.68. The average Bonchev–Trinajstić information content (AvgIpc) is 2.42. The van der Waals surface area contributed by atoms with E-state index in [1.54, 1.807) is 18.2 Å². The molecule has 6 nitrogen and oxygen atoms in total. The smallest absolute Gasteiger partial charge is 0.328 e. The number of nitrogens with one attached hydrogen (secondary N) is 1. The van der Waals surface area contributed by atoms with E-state index >= 15 is 0 Å². The predicted octanol–water partition coefficient (Wildman–Crippen LogP) is 1.20. The minimum atomic E-state index is -0.713. The van der Waals surface area contributed by atoms with Gasteiger partial charge in [-0.25, -0.2) is 4.79 Å². The van der Waals surface area contributed by atoms with Gasteiger partial charge in [0.2, 0.25) is 0 Å². The lowest BCUT2D eigenvalue weighted by atomic mass is 10.0. The summed E-state index contributed by atoms with van der Waals surface area (Å²) in [6, 6.07) is 3.99. The van der Waals surface area contributed by atoms with Gasteiger partial charge in [-0.2, -0.15) is 0 Å². The van der Waals surface area contributed by atoms with Crippen molar-refractivity contribution in [1.82, 2.24) is 5.32 Å². The van der Waals surface area contributed by atoms with E-state index in [0.717, 1.165) is 0 Å². The molecule has 1 amide bonds. The number of carbonyl (C=O) groups is 2. The zero-order valence-electron chi connectivity index (χ0n) is 12.1. The van der Waals surface area contributed by atoms with Crippen LogP contribution >= 0.6 is 0 Å². The Morgan fingerprint density at radius 2 is 1.90 bits per heavy atom. The molecule has 0 aliphatic carbocycles. The van der Waals surface area contributed by atoms with Crippen molar-refractivity contribution in [3.63, 3.8) is 0 Å². The summed E-state index contributed by atoms with van der Waals surface area (Å²) in [5, 5.41) is 2.64. The van der Waals surface area contributed by atoms with Crippen molar-refractivity contribution in [1.29, 1.82) is 0 Å². The number of anilines is 1. The monoisotopic (exact) mass is 280 g/mol. The summed E-state index contributed by atoms with van der Waals surface area (Å²) in [4.78, 5) is 23.9. The largest absolute Gasteiger partial charge is 0.496 e. The van der Waals surface area contributed by atoms with Crippen LogP contribution in [0.15, 0.2) is 18.2 Å². The van der Waals surface area contributed by atoms with E-state index in [4.69, 9.17) is 10.5 Å². The molecule has 0 aromatic heterocycles. The van der Waals surface area contributed by atoms with Crippen molar-refractivity contribution in [3.05, 3.63) is 23.8 Å². The number of nitrogen functional groups attached to an aromatic ring is 1. The standard InChI is InChI=1S/C14H20N2O4/c1-8(2)12(14(18)20-4)16-13(17)10-6-5-9(15)7-11(10)19-3/h5-8,12H,15H2,1-4H3,(H,16,17)/t12-/m0/s1. The number of ether oxygens (including phenoxy) is 2. The van der Waals surface area contributed by atoms with Gasteiger partial charge in [-0.3, -0.25) is 4.79 Å². The third-order valence-electron chi connectivity index (χ3n) is 2.88. The molecular formula is C14H20N2O4. The van der Waals surface area contributed by atoms with E-state index in [1.165, 1.54) is 14.2 Å². The fourth-order valence-corrected chi connectivity index (χ4v) is 1.74. The Morgan fingerprint density at radius 3 is 2.40 bits per heavy atom. The molecule has 1 aromatic carbocycles. The molecule has 20 heavy (non-hydrogen) atoms. The lowest BCUT2D eigenvalue weighted by molar-refractivity contribution is -0.144. The minimum absolute atomic E-state index is 0.0915. The number of rotatable bonds is 5. The number of methoxy groups -OCH3 is 2. The maximum Gasteiger partial charge on any atom is 0.328 e. The number of benzene rings is 1. The molecule has 1 aromatic rings. The van der Waals surface area contributed by atoms with Gasteiger partial charge in [-0.15, -0.1) is 0 Å². The van der Waals surface area contributed by atoms with E-state index in [2.05, 4.69) is 10.1 Å². The van der Waals surface area contributed by atoms with Crippen LogP contribution in [0.4, 0.5) is 5.69 Å². The molecule has 0 saturated carbocycles. The van der Waals surface area contributed by atoms with Crippen LogP contribution in [0.2, 0.25) is 0 Å². The van der Waals surface area contributed by atoms with Crippen LogP contribution in [0.25, 0.3) is 0 Å². The Morgan fingerprint density at radius 1 is 1.25 bits per heavy atom. The van der Waals surface area contributed by atoms with Crippen molar-refractivity contribution in [2.24, 2.45) is 5.92 Å². The molecule has 1 atom stereocenters. The van der Waals surface area contributed by atoms with Crippen LogP contribution < -0.4 is 15.8 Å². The molecule has 0 fully saturated rings. The molecule has 0 radical (unpaired) electrons. The maximum absolute atomic E-state index is 12.2. The average molecular weight is 280 g/mol. The topological polar surface area (TPSA) is 90.7 Å². The summed E-state index contributed by atoms with van der Waals surface area (Å²) in [6.45, 7) is 3.64. The molecule has 0 heterocycles. The van der Waals surface area contributed by atoms with Gasteiger partial charge in [-0.05, 0) is 18.1 Å². The Kier molecular flexibility index (Phi) is 5.37. The van der Waals surface area contributed by atoms with Crippen molar-refractivity contribution in [3.8, 4) is 5.75 Å². The molecule has 1 rings (SSSR count). The maximum atomic E-state index is 12.2. The number of carbonyl (C=O) groups excluding carboxylic acids is 2. The first-order valence-electron chi connectivity index (χ1n) is 6.23. The van der Waals surface area contributed by atoms with Gasteiger partial charge in [0.05, 0.1) is 19.8 Å². The number of nitrogens with two attached hydrogens (primary N) is 1. The summed E-state index contributed by atoms with van der Waals surface area (Å²) in [5.74, 6) is -0.630. The highest BCUT2D eigenvalue weighted by Gasteiger charge is 2.26. The lowest BCUT2D eigenvalue weighted by Gasteiger charge is -2.20. The summed E-state index contributed by atoms with van der Waals surface area (Å²) in [5.41, 5.74) is 6.44. The van der Waals surface area contributed by atoms with E-state index < -0.39 is 17.9 Å². The highest BCUT2D eigenvalue weighted by atomic mass is 16.5. The fraction of sp³-hybridized carbons (Fsp3) is 0.429. The first kappa shape index (κ1) is 15.8. The van der Waals surface area contributed by atoms with Gasteiger partial charge in [-0.1, -0.05) is 13.8 Å². The van der Waals surface area contributed by atoms with Crippen molar-refractivity contribution < 1.29 is 19.1 Å². The summed E-state index contributed by atoms with van der Waals surface area (Å²) in [6.07, 6.45) is 0. The molecule has 0 aliphatic rings. The molecular weight excluding hydrogens is 260 g/mol. The van der Waals surface area contributed by atoms with Crippen LogP contribution in [0.3, 0.4) is 0 Å². The Labute approximate surface area is 118 Å². The van der Waals surface area contributed by atoms with Crippen LogP contribution in [0.5, 0.6) is 5.75 Å². The summed E-state index contributed by atoms with van der Waals surface area (Å²) < 4.78 is 9.80. The van der Waals surface area contributed by atoms with Gasteiger partial charge in [0.25, 0.3) is 5.91 Å². The first-order valence-corrected chi connectivity index (χ1v) is 6.23. The van der Waals surface area contributed by atoms with Crippen LogP contribution in [0.1, 0.15) is 24.2 Å². The van der Waals surface area contributed by atoms with Gasteiger partial charge in [0.1, 0.15) is 11.8 Å². The number of hydrogen-bond donors (Lipinski definition) is 2. The van der Waals surface area contributed by atoms with E-state index in [9.17, 15) is 9.59 Å². The van der Waals surface area contributed by atoms with E-state index in [1.807, 2.05) is 13.8 Å². The molecule has 0 aliphatic heterocycles. The highest BCUT2D eigenvalue weighted by Crippen LogP contribution is 2.21. The Balaban J connectivity index is 2.97. The van der Waals surface area contributed by atoms with E-state index in [0.29, 0.717) is 17.0 Å². The Bertz CT molecular complexity index is 500. The van der Waals surface area contributed by atoms with Gasteiger partial charge in [0, 0.05) is 11.8 Å². The third kappa shape index (κ3) is 3.63. The zero-order valence-corrected chi connectivity index (χ0v) is 12.1. The van der Waals surface area contributed by atoms with Gasteiger partial charge >= 0.3 is 5.97 Å². The van der Waals surface area contributed by atoms with Crippen molar-refractivity contribution in [2.75, 3.05) is 20.0 Å². The predicted molar refractivity (Wildman–Crippen MR) is 75.5 cm³/mol. The first-order chi connectivity index (χ1) is 9.40. The van der Waals surface area contributed by atoms with Crippen molar-refractivity contribution >= 4 is 17.6 Å². The van der Waals surface area contributed by atoms with Crippen LogP contribution in [0, 0.1) is 5.92 Å². The molecule has 0 bridgehead atoms. The molecule has 6 heteroatoms. The Hall–Kier alpha value is -2.24. The number of esters is 1. The zero-order chi connectivity index (χ0) is 15.3. The van der Waals surface area contributed by atoms with Gasteiger partial charge < -0.3 is 20.5 Å². The second-order valence-electron chi connectivity index (χ2n) is 4.68. The summed E-state index contributed by atoms with van der Waals surface area (Å²) in [7, 11) is 2.74. The van der Waals surface area contributed by atoms with Crippen LogP contribution in [-0.4, -0.2) is 32.1 Å². The molecule has 0 unspecified atom stereocenters. The van der Waals surface area contributed by atoms with Crippen molar-refractivity contribution in [2.45, 2.75) is 19.9 Å². The van der Waals surface area contributed by atoms with Crippen LogP contribution in [-0.2, 0) is 9.53 Å².